The van der Waals surface area contributed by atoms with Gasteiger partial charge in [0.2, 0.25) is 0 Å². The summed E-state index contributed by atoms with van der Waals surface area (Å²) in [6.07, 6.45) is 7.79. The highest BCUT2D eigenvalue weighted by Crippen LogP contribution is 2.52. The van der Waals surface area contributed by atoms with Crippen molar-refractivity contribution in [1.29, 1.82) is 0 Å². The van der Waals surface area contributed by atoms with Gasteiger partial charge in [-0.1, -0.05) is 13.8 Å². The Kier molecular flexibility index (Phi) is 7.48. The summed E-state index contributed by atoms with van der Waals surface area (Å²) in [5, 5.41) is 8.08. The molecule has 0 radical (unpaired) electrons. The normalized spacial score (nSPS) is 25.2. The first kappa shape index (κ1) is 28.0. The van der Waals surface area contributed by atoms with Gasteiger partial charge in [0.25, 0.3) is 5.91 Å². The number of carbonyl (C=O) groups excluding carboxylic acids is 1. The lowest BCUT2D eigenvalue weighted by Crippen LogP contribution is -2.42. The number of piperidine rings is 1. The van der Waals surface area contributed by atoms with E-state index in [4.69, 9.17) is 10.1 Å². The van der Waals surface area contributed by atoms with Gasteiger partial charge in [-0.05, 0) is 86.4 Å². The van der Waals surface area contributed by atoms with E-state index in [0.717, 1.165) is 65.7 Å². The second-order valence-corrected chi connectivity index (χ2v) is 13.8. The third-order valence-electron chi connectivity index (χ3n) is 8.94. The molecule has 1 aliphatic carbocycles. The molecule has 2 aromatic heterocycles. The van der Waals surface area contributed by atoms with E-state index in [1.807, 2.05) is 26.1 Å². The summed E-state index contributed by atoms with van der Waals surface area (Å²) >= 11 is 0. The Labute approximate surface area is 245 Å². The molecule has 1 N–H and O–H groups in total. The number of pyridine rings is 1. The maximum Gasteiger partial charge on any atom is 0.260 e. The lowest BCUT2D eigenvalue weighted by atomic mass is 9.59. The number of nitrogens with one attached hydrogen (secondary N) is 1. The number of hydrogen-bond donors (Lipinski definition) is 1. The van der Waals surface area contributed by atoms with E-state index in [-0.39, 0.29) is 11.3 Å². The molecular formula is C31H41N7O2S. The van der Waals surface area contributed by atoms with Crippen LogP contribution in [0.2, 0.25) is 0 Å². The summed E-state index contributed by atoms with van der Waals surface area (Å²) in [6, 6.07) is 8.21. The molecule has 1 amide bonds. The Balaban J connectivity index is 1.37. The fraction of sp³-hybridized carbons (Fsp3) is 0.548. The molecule has 2 atom stereocenters. The first-order chi connectivity index (χ1) is 19.7. The van der Waals surface area contributed by atoms with Gasteiger partial charge < -0.3 is 5.32 Å². The highest BCUT2D eigenvalue weighted by Gasteiger charge is 2.48. The molecule has 10 heteroatoms. The number of aromatic nitrogens is 4. The number of amides is 1. The first-order valence-electron chi connectivity index (χ1n) is 14.8. The lowest BCUT2D eigenvalue weighted by Gasteiger charge is -2.45. The number of aryl methyl sites for hydroxylation is 1. The van der Waals surface area contributed by atoms with E-state index in [9.17, 15) is 9.00 Å². The van der Waals surface area contributed by atoms with Crippen LogP contribution in [0.1, 0.15) is 79.3 Å². The Morgan fingerprint density at radius 2 is 1.95 bits per heavy atom. The minimum absolute atomic E-state index is 0.0837. The largest absolute Gasteiger partial charge is 0.370 e. The Bertz CT molecular complexity index is 1500. The summed E-state index contributed by atoms with van der Waals surface area (Å²) in [7, 11) is 0.678. The molecule has 2 aliphatic heterocycles. The Morgan fingerprint density at radius 1 is 1.15 bits per heavy atom. The summed E-state index contributed by atoms with van der Waals surface area (Å²) < 4.78 is 14.7. The van der Waals surface area contributed by atoms with Crippen molar-refractivity contribution in [2.45, 2.75) is 69.9 Å². The predicted octanol–water partition coefficient (Wildman–Crippen LogP) is 4.49. The predicted molar refractivity (Wildman–Crippen MR) is 162 cm³/mol. The third-order valence-corrected chi connectivity index (χ3v) is 9.92. The zero-order chi connectivity index (χ0) is 28.9. The molecule has 9 nitrogen and oxygen atoms in total. The molecule has 1 saturated carbocycles. The van der Waals surface area contributed by atoms with E-state index < -0.39 is 10.8 Å². The standard InChI is InChI=1S/C31H41N7O2S/c1-6-32-27-12-23(31(14-21(3)15-31)30-33-19-36(4)35-30)13-28(34-27)38-18-25-24(29(38)39)10-22(11-26(25)41(5)40)17-37-9-7-8-20(2)16-37/h10-13,19-21H,6-9,14-18H2,1-5H3,(H,32,34)/t20-,21?,31?,41?/m0/s1. The second kappa shape index (κ2) is 10.9. The molecule has 1 saturated heterocycles. The quantitative estimate of drug-likeness (QED) is 0.423. The Hall–Kier alpha value is -3.11. The van der Waals surface area contributed by atoms with Crippen LogP contribution in [0.4, 0.5) is 11.6 Å². The van der Waals surface area contributed by atoms with Crippen molar-refractivity contribution in [1.82, 2.24) is 24.6 Å². The van der Waals surface area contributed by atoms with Gasteiger partial charge in [-0.2, -0.15) is 5.10 Å². The topological polar surface area (TPSA) is 96.3 Å². The van der Waals surface area contributed by atoms with Gasteiger partial charge >= 0.3 is 0 Å². The van der Waals surface area contributed by atoms with Crippen LogP contribution >= 0.6 is 0 Å². The number of carbonyl (C=O) groups is 1. The number of fused-ring (bicyclic) bond motifs is 1. The molecule has 218 valence electrons. The maximum absolute atomic E-state index is 14.0. The van der Waals surface area contributed by atoms with E-state index in [0.29, 0.717) is 36.3 Å². The summed E-state index contributed by atoms with van der Waals surface area (Å²) in [5.74, 6) is 3.29. The molecule has 0 spiro atoms. The molecule has 6 rings (SSSR count). The zero-order valence-corrected chi connectivity index (χ0v) is 25.6. The molecule has 3 aromatic rings. The lowest BCUT2D eigenvalue weighted by molar-refractivity contribution is 0.0995. The van der Waals surface area contributed by atoms with Crippen LogP contribution in [0.5, 0.6) is 0 Å². The molecule has 1 unspecified atom stereocenters. The molecule has 41 heavy (non-hydrogen) atoms. The molecule has 1 aromatic carbocycles. The van der Waals surface area contributed by atoms with Crippen LogP contribution < -0.4 is 10.2 Å². The van der Waals surface area contributed by atoms with Crippen LogP contribution in [-0.2, 0) is 36.4 Å². The van der Waals surface area contributed by atoms with Crippen molar-refractivity contribution in [2.24, 2.45) is 18.9 Å². The van der Waals surface area contributed by atoms with Crippen LogP contribution in [0.25, 0.3) is 0 Å². The van der Waals surface area contributed by atoms with Gasteiger partial charge in [-0.25, -0.2) is 9.97 Å². The number of hydrogen-bond acceptors (Lipinski definition) is 7. The van der Waals surface area contributed by atoms with E-state index in [1.165, 1.54) is 12.8 Å². The number of benzene rings is 1. The third kappa shape index (κ3) is 5.20. The molecule has 0 bridgehead atoms. The average molecular weight is 576 g/mol. The van der Waals surface area contributed by atoms with Crippen molar-refractivity contribution in [3.63, 3.8) is 0 Å². The Morgan fingerprint density at radius 3 is 2.61 bits per heavy atom. The van der Waals surface area contributed by atoms with Crippen molar-refractivity contribution >= 4 is 28.3 Å². The van der Waals surface area contributed by atoms with Gasteiger partial charge in [0, 0.05) is 49.0 Å². The van der Waals surface area contributed by atoms with Gasteiger partial charge in [-0.3, -0.25) is 23.5 Å². The fourth-order valence-corrected chi connectivity index (χ4v) is 7.93. The second-order valence-electron chi connectivity index (χ2n) is 12.4. The highest BCUT2D eigenvalue weighted by atomic mass is 32.2. The maximum atomic E-state index is 14.0. The minimum atomic E-state index is -1.21. The molecule has 4 heterocycles. The highest BCUT2D eigenvalue weighted by molar-refractivity contribution is 7.84. The van der Waals surface area contributed by atoms with Crippen molar-refractivity contribution in [2.75, 3.05) is 36.1 Å². The van der Waals surface area contributed by atoms with E-state index in [2.05, 4.69) is 41.2 Å². The number of rotatable bonds is 8. The molecule has 2 fully saturated rings. The number of likely N-dealkylation sites (tertiary alicyclic amines) is 1. The van der Waals surface area contributed by atoms with Gasteiger partial charge in [0.1, 0.15) is 18.0 Å². The van der Waals surface area contributed by atoms with Crippen LogP contribution in [-0.4, -0.2) is 60.7 Å². The molecule has 3 aliphatic rings. The zero-order valence-electron chi connectivity index (χ0n) is 24.8. The summed E-state index contributed by atoms with van der Waals surface area (Å²) in [5.41, 5.74) is 3.31. The fourth-order valence-electron chi connectivity index (χ4n) is 7.09. The van der Waals surface area contributed by atoms with Gasteiger partial charge in [-0.15, -0.1) is 0 Å². The minimum Gasteiger partial charge on any atom is -0.370 e. The van der Waals surface area contributed by atoms with Crippen LogP contribution in [0.15, 0.2) is 35.5 Å². The van der Waals surface area contributed by atoms with Gasteiger partial charge in [0.05, 0.1) is 22.8 Å². The smallest absolute Gasteiger partial charge is 0.260 e. The van der Waals surface area contributed by atoms with Crippen molar-refractivity contribution in [3.8, 4) is 0 Å². The van der Waals surface area contributed by atoms with Crippen molar-refractivity contribution in [3.05, 3.63) is 58.7 Å². The number of nitrogens with zero attached hydrogens (tertiary/aromatic N) is 6. The van der Waals surface area contributed by atoms with Crippen LogP contribution in [0, 0.1) is 11.8 Å². The van der Waals surface area contributed by atoms with E-state index in [1.54, 1.807) is 22.2 Å². The SMILES string of the molecule is CCNc1cc(C2(c3ncn(C)n3)CC(C)C2)cc(N2Cc3c(cc(CN4CCC[C@H](C)C4)cc3S(C)=O)C2=O)n1. The summed E-state index contributed by atoms with van der Waals surface area (Å²) in [6.45, 7) is 10.5. The monoisotopic (exact) mass is 575 g/mol. The first-order valence-corrected chi connectivity index (χ1v) is 16.4. The molecular weight excluding hydrogens is 534 g/mol. The van der Waals surface area contributed by atoms with Gasteiger partial charge in [0.15, 0.2) is 5.82 Å². The number of anilines is 2. The van der Waals surface area contributed by atoms with Crippen LogP contribution in [0.3, 0.4) is 0 Å². The van der Waals surface area contributed by atoms with E-state index >= 15 is 0 Å². The summed E-state index contributed by atoms with van der Waals surface area (Å²) in [4.78, 5) is 28.5. The van der Waals surface area contributed by atoms with Crippen molar-refractivity contribution < 1.29 is 9.00 Å². The average Bonchev–Trinajstić information content (AvgIpc) is 3.49.